The van der Waals surface area contributed by atoms with Crippen LogP contribution < -0.4 is 14.2 Å². The molecule has 1 aliphatic heterocycles. The van der Waals surface area contributed by atoms with Gasteiger partial charge in [0.2, 0.25) is 16.8 Å². The number of sulfonamides is 1. The van der Waals surface area contributed by atoms with Crippen molar-refractivity contribution in [2.45, 2.75) is 13.0 Å². The number of fused-ring (bicyclic) bond motifs is 2. The molecule has 2 heterocycles. The predicted molar refractivity (Wildman–Crippen MR) is 128 cm³/mol. The van der Waals surface area contributed by atoms with Gasteiger partial charge in [-0.25, -0.2) is 13.1 Å². The Morgan fingerprint density at radius 3 is 2.71 bits per heavy atom. The first kappa shape index (κ1) is 22.2. The normalized spacial score (nSPS) is 15.0. The Bertz CT molecular complexity index is 1530. The summed E-state index contributed by atoms with van der Waals surface area (Å²) < 4.78 is 38.5. The van der Waals surface area contributed by atoms with E-state index < -0.39 is 15.9 Å². The molecule has 1 N–H and O–H groups in total. The second-order valence-corrected chi connectivity index (χ2v) is 10.2. The zero-order valence-corrected chi connectivity index (χ0v) is 19.6. The molecule has 0 saturated heterocycles. The zero-order chi connectivity index (χ0) is 24.0. The zero-order valence-electron chi connectivity index (χ0n) is 18.0. The highest BCUT2D eigenvalue weighted by Crippen LogP contribution is 2.37. The summed E-state index contributed by atoms with van der Waals surface area (Å²) in [4.78, 5) is 26.2. The average molecular weight is 499 g/mol. The van der Waals surface area contributed by atoms with Crippen LogP contribution in [-0.4, -0.2) is 37.7 Å². The minimum absolute atomic E-state index is 0.0512. The third-order valence-corrected chi connectivity index (χ3v) is 6.36. The highest BCUT2D eigenvalue weighted by molar-refractivity contribution is 7.89. The fraction of sp³-hybridized carbons (Fsp3) is 0.167. The van der Waals surface area contributed by atoms with Gasteiger partial charge in [0, 0.05) is 40.0 Å². The van der Waals surface area contributed by atoms with Gasteiger partial charge in [-0.2, -0.15) is 0 Å². The number of allylic oxidation sites excluding steroid dienone is 4. The van der Waals surface area contributed by atoms with Crippen molar-refractivity contribution >= 4 is 49.8 Å². The van der Waals surface area contributed by atoms with Crippen LogP contribution >= 0.6 is 11.6 Å². The molecule has 174 valence electrons. The van der Waals surface area contributed by atoms with Gasteiger partial charge in [0.15, 0.2) is 17.3 Å². The maximum atomic E-state index is 13.3. The third-order valence-electron chi connectivity index (χ3n) is 5.57. The summed E-state index contributed by atoms with van der Waals surface area (Å²) in [5, 5.41) is 0.991. The molecule has 3 aromatic rings. The van der Waals surface area contributed by atoms with E-state index in [2.05, 4.69) is 4.72 Å². The molecule has 5 rings (SSSR count). The Labute approximate surface area is 200 Å². The number of halogens is 1. The van der Waals surface area contributed by atoms with Crippen molar-refractivity contribution in [3.05, 3.63) is 76.5 Å². The van der Waals surface area contributed by atoms with Crippen molar-refractivity contribution in [2.24, 2.45) is 0 Å². The molecule has 0 unspecified atom stereocenters. The van der Waals surface area contributed by atoms with Gasteiger partial charge in [0.05, 0.1) is 6.26 Å². The molecule has 1 amide bonds. The number of ether oxygens (including phenoxy) is 2. The Kier molecular flexibility index (Phi) is 5.45. The van der Waals surface area contributed by atoms with Gasteiger partial charge in [0.1, 0.15) is 5.69 Å². The van der Waals surface area contributed by atoms with Crippen LogP contribution in [0.3, 0.4) is 0 Å². The number of aromatic nitrogens is 1. The number of carbonyl (C=O) groups excluding carboxylic acids is 2. The molecule has 10 heteroatoms. The van der Waals surface area contributed by atoms with Gasteiger partial charge in [-0.3, -0.25) is 9.59 Å². The summed E-state index contributed by atoms with van der Waals surface area (Å²) in [5.74, 6) is 0.176. The quantitative estimate of drug-likeness (QED) is 0.575. The van der Waals surface area contributed by atoms with Crippen LogP contribution in [0.15, 0.2) is 54.6 Å². The van der Waals surface area contributed by atoms with Crippen molar-refractivity contribution in [3.8, 4) is 11.5 Å². The summed E-state index contributed by atoms with van der Waals surface area (Å²) in [6.07, 6.45) is 6.17. The molecule has 1 aliphatic carbocycles. The number of nitrogens with one attached hydrogen (secondary N) is 1. The standard InChI is InChI=1S/C24H19ClN2O6S/c1-34(30,31)26-24(29)23-22(16-4-2-3-5-19(16)28)17-11-15(25)7-8-18(17)27(23)12-14-6-9-20-21(10-14)33-13-32-20/h2-4,6-11H,5,12-13H2,1H3,(H,26,29). The summed E-state index contributed by atoms with van der Waals surface area (Å²) in [5.41, 5.74) is 2.13. The van der Waals surface area contributed by atoms with Crippen molar-refractivity contribution in [3.63, 3.8) is 0 Å². The number of rotatable bonds is 5. The number of amides is 1. The molecule has 0 fully saturated rings. The maximum Gasteiger partial charge on any atom is 0.282 e. The Morgan fingerprint density at radius 2 is 1.94 bits per heavy atom. The highest BCUT2D eigenvalue weighted by Gasteiger charge is 2.29. The molecular weight excluding hydrogens is 480 g/mol. The first-order valence-electron chi connectivity index (χ1n) is 10.3. The van der Waals surface area contributed by atoms with Crippen LogP contribution in [0.2, 0.25) is 5.02 Å². The molecular formula is C24H19ClN2O6S. The van der Waals surface area contributed by atoms with Crippen molar-refractivity contribution < 1.29 is 27.5 Å². The van der Waals surface area contributed by atoms with Gasteiger partial charge in [-0.15, -0.1) is 0 Å². The van der Waals surface area contributed by atoms with Gasteiger partial charge < -0.3 is 14.0 Å². The number of Topliss-reactive ketones (excluding diaryl/α,β-unsaturated/α-hetero) is 1. The lowest BCUT2D eigenvalue weighted by Crippen LogP contribution is -2.32. The van der Waals surface area contributed by atoms with E-state index in [4.69, 9.17) is 21.1 Å². The first-order valence-corrected chi connectivity index (χ1v) is 12.6. The molecule has 0 atom stereocenters. The van der Waals surface area contributed by atoms with Crippen LogP contribution in [0.1, 0.15) is 28.0 Å². The Hall–Kier alpha value is -3.56. The van der Waals surface area contributed by atoms with Gasteiger partial charge in [-0.05, 0) is 35.9 Å². The lowest BCUT2D eigenvalue weighted by molar-refractivity contribution is -0.113. The highest BCUT2D eigenvalue weighted by atomic mass is 35.5. The minimum atomic E-state index is -3.87. The predicted octanol–water partition coefficient (Wildman–Crippen LogP) is 3.67. The van der Waals surface area contributed by atoms with Gasteiger partial charge in [0.25, 0.3) is 5.91 Å². The maximum absolute atomic E-state index is 13.3. The number of benzene rings is 2. The molecule has 0 spiro atoms. The monoisotopic (exact) mass is 498 g/mol. The Morgan fingerprint density at radius 1 is 1.15 bits per heavy atom. The van der Waals surface area contributed by atoms with Crippen LogP contribution in [-0.2, 0) is 21.4 Å². The first-order chi connectivity index (χ1) is 16.2. The van der Waals surface area contributed by atoms with E-state index >= 15 is 0 Å². The van der Waals surface area contributed by atoms with Crippen molar-refractivity contribution in [1.29, 1.82) is 0 Å². The Balaban J connectivity index is 1.77. The summed E-state index contributed by atoms with van der Waals surface area (Å²) in [6.45, 7) is 0.332. The van der Waals surface area contributed by atoms with Crippen LogP contribution in [0, 0.1) is 0 Å². The second-order valence-electron chi connectivity index (χ2n) is 8.00. The molecule has 34 heavy (non-hydrogen) atoms. The summed E-state index contributed by atoms with van der Waals surface area (Å²) >= 11 is 6.28. The SMILES string of the molecule is CS(=O)(=O)NC(=O)c1c(C2=CC=CCC2=O)c2cc(Cl)ccc2n1Cc1ccc2c(c1)OCO2. The third kappa shape index (κ3) is 4.08. The number of carbonyl (C=O) groups is 2. The van der Waals surface area contributed by atoms with E-state index in [-0.39, 0.29) is 31.2 Å². The van der Waals surface area contributed by atoms with E-state index in [9.17, 15) is 18.0 Å². The molecule has 2 aromatic carbocycles. The van der Waals surface area contributed by atoms with E-state index in [0.717, 1.165) is 11.8 Å². The average Bonchev–Trinajstić information content (AvgIpc) is 3.35. The lowest BCUT2D eigenvalue weighted by atomic mass is 9.93. The number of hydrogen-bond acceptors (Lipinski definition) is 6. The number of hydrogen-bond donors (Lipinski definition) is 1. The fourth-order valence-electron chi connectivity index (χ4n) is 4.20. The summed E-state index contributed by atoms with van der Waals surface area (Å²) in [7, 11) is -3.87. The van der Waals surface area contributed by atoms with Crippen LogP contribution in [0.4, 0.5) is 0 Å². The summed E-state index contributed by atoms with van der Waals surface area (Å²) in [6, 6.07) is 10.5. The molecule has 0 saturated carbocycles. The lowest BCUT2D eigenvalue weighted by Gasteiger charge is -2.14. The molecule has 8 nitrogen and oxygen atoms in total. The van der Waals surface area contributed by atoms with Crippen LogP contribution in [0.5, 0.6) is 11.5 Å². The van der Waals surface area contributed by atoms with Crippen LogP contribution in [0.25, 0.3) is 16.5 Å². The molecule has 1 aromatic heterocycles. The van der Waals surface area contributed by atoms with E-state index in [1.807, 2.05) is 6.07 Å². The fourth-order valence-corrected chi connectivity index (χ4v) is 4.81. The second kappa shape index (κ2) is 8.34. The molecule has 0 bridgehead atoms. The molecule has 0 radical (unpaired) electrons. The molecule has 2 aliphatic rings. The minimum Gasteiger partial charge on any atom is -0.454 e. The van der Waals surface area contributed by atoms with Crippen molar-refractivity contribution in [1.82, 2.24) is 9.29 Å². The largest absolute Gasteiger partial charge is 0.454 e. The van der Waals surface area contributed by atoms with E-state index in [1.54, 1.807) is 53.1 Å². The van der Waals surface area contributed by atoms with Crippen molar-refractivity contribution in [2.75, 3.05) is 13.0 Å². The van der Waals surface area contributed by atoms with Gasteiger partial charge >= 0.3 is 0 Å². The van der Waals surface area contributed by atoms with E-state index in [0.29, 0.717) is 38.6 Å². The van der Waals surface area contributed by atoms with E-state index in [1.165, 1.54) is 0 Å². The van der Waals surface area contributed by atoms with Gasteiger partial charge in [-0.1, -0.05) is 35.9 Å². The number of nitrogens with zero attached hydrogens (tertiary/aromatic N) is 1. The smallest absolute Gasteiger partial charge is 0.282 e. The number of ketones is 1. The topological polar surface area (TPSA) is 104 Å².